The van der Waals surface area contributed by atoms with E-state index in [9.17, 15) is 9.90 Å². The highest BCUT2D eigenvalue weighted by atomic mass is 16.3. The second-order valence-electron chi connectivity index (χ2n) is 7.14. The van der Waals surface area contributed by atoms with E-state index in [1.54, 1.807) is 0 Å². The minimum absolute atomic E-state index is 0.0373. The molecule has 0 saturated carbocycles. The fraction of sp³-hybridized carbons (Fsp3) is 0.632. The lowest BCUT2D eigenvalue weighted by Gasteiger charge is -2.22. The molecule has 24 heavy (non-hydrogen) atoms. The molecule has 2 rings (SSSR count). The maximum atomic E-state index is 12.2. The van der Waals surface area contributed by atoms with Gasteiger partial charge in [0.15, 0.2) is 0 Å². The molecule has 1 aliphatic rings. The molecule has 5 heteroatoms. The third kappa shape index (κ3) is 5.41. The van der Waals surface area contributed by atoms with Crippen LogP contribution < -0.4 is 15.5 Å². The Balaban J connectivity index is 1.92. The van der Waals surface area contributed by atoms with Crippen molar-refractivity contribution in [3.05, 3.63) is 29.8 Å². The fourth-order valence-electron chi connectivity index (χ4n) is 3.22. The Bertz CT molecular complexity index is 527. The largest absolute Gasteiger partial charge is 0.394 e. The molecule has 2 atom stereocenters. The van der Waals surface area contributed by atoms with Gasteiger partial charge in [0.25, 0.3) is 0 Å². The van der Waals surface area contributed by atoms with E-state index >= 15 is 0 Å². The maximum absolute atomic E-state index is 12.2. The van der Waals surface area contributed by atoms with Gasteiger partial charge in [-0.1, -0.05) is 26.0 Å². The van der Waals surface area contributed by atoms with Crippen molar-refractivity contribution >= 4 is 11.7 Å². The molecule has 1 saturated heterocycles. The standard InChI is InChI=1S/C19H31N3O2/c1-14(2)11-17(13-23)21-19(24)20-15(3)16-7-6-8-18(12-16)22-9-4-5-10-22/h6-8,12,14-15,17,23H,4-5,9-11,13H2,1-3H3,(H2,20,21,24). The summed E-state index contributed by atoms with van der Waals surface area (Å²) in [6.45, 7) is 8.32. The van der Waals surface area contributed by atoms with Crippen LogP contribution in [-0.2, 0) is 0 Å². The third-order valence-electron chi connectivity index (χ3n) is 4.50. The van der Waals surface area contributed by atoms with E-state index < -0.39 is 0 Å². The number of urea groups is 1. The summed E-state index contributed by atoms with van der Waals surface area (Å²) in [5.41, 5.74) is 2.33. The molecule has 1 aromatic rings. The molecular formula is C19H31N3O2. The first-order chi connectivity index (χ1) is 11.5. The number of benzene rings is 1. The van der Waals surface area contributed by atoms with Gasteiger partial charge in [0.05, 0.1) is 18.7 Å². The van der Waals surface area contributed by atoms with Gasteiger partial charge in [-0.3, -0.25) is 0 Å². The monoisotopic (exact) mass is 333 g/mol. The zero-order valence-electron chi connectivity index (χ0n) is 15.1. The molecule has 1 aromatic carbocycles. The molecular weight excluding hydrogens is 302 g/mol. The van der Waals surface area contributed by atoms with E-state index in [0.717, 1.165) is 25.1 Å². The predicted molar refractivity (Wildman–Crippen MR) is 98.3 cm³/mol. The first kappa shape index (κ1) is 18.6. The summed E-state index contributed by atoms with van der Waals surface area (Å²) in [6, 6.07) is 7.88. The Kier molecular flexibility index (Phi) is 6.91. The lowest BCUT2D eigenvalue weighted by Crippen LogP contribution is -2.45. The molecule has 0 aliphatic carbocycles. The predicted octanol–water partition coefficient (Wildman–Crippen LogP) is 3.05. The fourth-order valence-corrected chi connectivity index (χ4v) is 3.22. The minimum Gasteiger partial charge on any atom is -0.394 e. The molecule has 1 heterocycles. The van der Waals surface area contributed by atoms with Gasteiger partial charge in [-0.2, -0.15) is 0 Å². The Hall–Kier alpha value is -1.75. The minimum atomic E-state index is -0.228. The summed E-state index contributed by atoms with van der Waals surface area (Å²) in [5.74, 6) is 0.428. The number of anilines is 1. The van der Waals surface area contributed by atoms with Crippen LogP contribution in [0.1, 0.15) is 51.6 Å². The van der Waals surface area contributed by atoms with Crippen LogP contribution in [0.15, 0.2) is 24.3 Å². The number of carbonyl (C=O) groups excluding carboxylic acids is 1. The van der Waals surface area contributed by atoms with Gasteiger partial charge in [0, 0.05) is 18.8 Å². The van der Waals surface area contributed by atoms with Crippen molar-refractivity contribution in [3.63, 3.8) is 0 Å². The average molecular weight is 333 g/mol. The van der Waals surface area contributed by atoms with Gasteiger partial charge in [0.2, 0.25) is 0 Å². The number of hydrogen-bond acceptors (Lipinski definition) is 3. The van der Waals surface area contributed by atoms with E-state index in [1.807, 2.05) is 19.1 Å². The summed E-state index contributed by atoms with van der Waals surface area (Å²) in [5, 5.41) is 15.2. The molecule has 0 radical (unpaired) electrons. The highest BCUT2D eigenvalue weighted by Crippen LogP contribution is 2.23. The quantitative estimate of drug-likeness (QED) is 0.718. The Morgan fingerprint density at radius 3 is 2.54 bits per heavy atom. The van der Waals surface area contributed by atoms with Crippen molar-refractivity contribution in [1.82, 2.24) is 10.6 Å². The van der Waals surface area contributed by atoms with Crippen LogP contribution in [0.3, 0.4) is 0 Å². The van der Waals surface area contributed by atoms with Crippen LogP contribution in [0, 0.1) is 5.92 Å². The van der Waals surface area contributed by atoms with Crippen LogP contribution >= 0.6 is 0 Å². The van der Waals surface area contributed by atoms with Crippen molar-refractivity contribution in [1.29, 1.82) is 0 Å². The van der Waals surface area contributed by atoms with E-state index in [4.69, 9.17) is 0 Å². The number of aliphatic hydroxyl groups excluding tert-OH is 1. The van der Waals surface area contributed by atoms with Gasteiger partial charge in [-0.15, -0.1) is 0 Å². The molecule has 3 N–H and O–H groups in total. The number of nitrogens with zero attached hydrogens (tertiary/aromatic N) is 1. The van der Waals surface area contributed by atoms with Crippen LogP contribution in [0.25, 0.3) is 0 Å². The summed E-state index contributed by atoms with van der Waals surface area (Å²) >= 11 is 0. The smallest absolute Gasteiger partial charge is 0.315 e. The summed E-state index contributed by atoms with van der Waals surface area (Å²) in [6.07, 6.45) is 3.26. The lowest BCUT2D eigenvalue weighted by molar-refractivity contribution is 0.205. The first-order valence-corrected chi connectivity index (χ1v) is 9.02. The molecule has 0 spiro atoms. The van der Waals surface area contributed by atoms with Gasteiger partial charge >= 0.3 is 6.03 Å². The first-order valence-electron chi connectivity index (χ1n) is 9.02. The highest BCUT2D eigenvalue weighted by molar-refractivity contribution is 5.74. The second-order valence-corrected chi connectivity index (χ2v) is 7.14. The molecule has 2 unspecified atom stereocenters. The van der Waals surface area contributed by atoms with Gasteiger partial charge in [0.1, 0.15) is 0 Å². The van der Waals surface area contributed by atoms with Crippen molar-refractivity contribution in [2.75, 3.05) is 24.6 Å². The Morgan fingerprint density at radius 1 is 1.21 bits per heavy atom. The molecule has 0 bridgehead atoms. The van der Waals surface area contributed by atoms with Crippen molar-refractivity contribution in [3.8, 4) is 0 Å². The van der Waals surface area contributed by atoms with Crippen LogP contribution in [0.2, 0.25) is 0 Å². The molecule has 1 aliphatic heterocycles. The molecule has 0 aromatic heterocycles. The number of nitrogens with one attached hydrogen (secondary N) is 2. The number of amides is 2. The number of carbonyl (C=O) groups is 1. The molecule has 1 fully saturated rings. The third-order valence-corrected chi connectivity index (χ3v) is 4.50. The topological polar surface area (TPSA) is 64.6 Å². The highest BCUT2D eigenvalue weighted by Gasteiger charge is 2.17. The zero-order valence-corrected chi connectivity index (χ0v) is 15.1. The van der Waals surface area contributed by atoms with E-state index in [-0.39, 0.29) is 24.7 Å². The SMILES string of the molecule is CC(C)CC(CO)NC(=O)NC(C)c1cccc(N2CCCC2)c1. The zero-order chi connectivity index (χ0) is 17.5. The van der Waals surface area contributed by atoms with E-state index in [1.165, 1.54) is 18.5 Å². The van der Waals surface area contributed by atoms with Gasteiger partial charge < -0.3 is 20.6 Å². The normalized spacial score (nSPS) is 17.0. The van der Waals surface area contributed by atoms with Crippen LogP contribution in [-0.4, -0.2) is 36.9 Å². The van der Waals surface area contributed by atoms with Crippen molar-refractivity contribution in [2.45, 2.75) is 52.1 Å². The Morgan fingerprint density at radius 2 is 1.92 bits per heavy atom. The van der Waals surface area contributed by atoms with Crippen molar-refractivity contribution in [2.24, 2.45) is 5.92 Å². The number of rotatable bonds is 7. The molecule has 2 amide bonds. The Labute approximate surface area is 145 Å². The van der Waals surface area contributed by atoms with Gasteiger partial charge in [-0.25, -0.2) is 4.79 Å². The summed E-state index contributed by atoms with van der Waals surface area (Å²) < 4.78 is 0. The lowest BCUT2D eigenvalue weighted by atomic mass is 10.0. The number of aliphatic hydroxyl groups is 1. The second kappa shape index (κ2) is 8.92. The number of hydrogen-bond donors (Lipinski definition) is 3. The summed E-state index contributed by atoms with van der Waals surface area (Å²) in [7, 11) is 0. The molecule has 5 nitrogen and oxygen atoms in total. The van der Waals surface area contributed by atoms with Gasteiger partial charge in [-0.05, 0) is 49.8 Å². The maximum Gasteiger partial charge on any atom is 0.315 e. The van der Waals surface area contributed by atoms with Crippen LogP contribution in [0.4, 0.5) is 10.5 Å². The van der Waals surface area contributed by atoms with E-state index in [0.29, 0.717) is 5.92 Å². The van der Waals surface area contributed by atoms with Crippen LogP contribution in [0.5, 0.6) is 0 Å². The summed E-state index contributed by atoms with van der Waals surface area (Å²) in [4.78, 5) is 14.6. The van der Waals surface area contributed by atoms with Crippen molar-refractivity contribution < 1.29 is 9.90 Å². The molecule has 134 valence electrons. The van der Waals surface area contributed by atoms with E-state index in [2.05, 4.69) is 41.5 Å². The average Bonchev–Trinajstić information content (AvgIpc) is 3.08.